The Labute approximate surface area is 179 Å². The third-order valence-electron chi connectivity index (χ3n) is 5.02. The van der Waals surface area contributed by atoms with Gasteiger partial charge in [0.25, 0.3) is 5.91 Å². The quantitative estimate of drug-likeness (QED) is 0.519. The van der Waals surface area contributed by atoms with Crippen LogP contribution in [0.4, 0.5) is 0 Å². The van der Waals surface area contributed by atoms with E-state index in [0.717, 1.165) is 5.56 Å². The van der Waals surface area contributed by atoms with Gasteiger partial charge in [-0.2, -0.15) is 0 Å². The molecule has 3 aromatic carbocycles. The van der Waals surface area contributed by atoms with Crippen molar-refractivity contribution in [3.63, 3.8) is 0 Å². The maximum absolute atomic E-state index is 12.9. The molecular weight excluding hydrogens is 392 g/mol. The van der Waals surface area contributed by atoms with Crippen LogP contribution in [-0.2, 0) is 0 Å². The van der Waals surface area contributed by atoms with Gasteiger partial charge in [-0.05, 0) is 24.3 Å². The second-order valence-electron chi connectivity index (χ2n) is 7.15. The monoisotopic (exact) mass is 412 g/mol. The van der Waals surface area contributed by atoms with E-state index in [1.807, 2.05) is 72.8 Å². The number of carbonyl (C=O) groups excluding carboxylic acids is 1. The van der Waals surface area contributed by atoms with Crippen LogP contribution in [0, 0.1) is 0 Å². The van der Waals surface area contributed by atoms with Crippen LogP contribution in [-0.4, -0.2) is 30.1 Å². The van der Waals surface area contributed by atoms with E-state index in [2.05, 4.69) is 10.3 Å². The van der Waals surface area contributed by atoms with Crippen LogP contribution in [0.25, 0.3) is 22.8 Å². The minimum absolute atomic E-state index is 0.225. The number of amides is 1. The van der Waals surface area contributed by atoms with E-state index in [1.165, 1.54) is 0 Å². The zero-order valence-electron chi connectivity index (χ0n) is 16.7. The molecule has 1 aliphatic heterocycles. The van der Waals surface area contributed by atoms with Gasteiger partial charge in [-0.15, -0.1) is 0 Å². The zero-order valence-corrected chi connectivity index (χ0v) is 16.7. The Morgan fingerprint density at radius 3 is 2.55 bits per heavy atom. The van der Waals surface area contributed by atoms with Gasteiger partial charge in [-0.1, -0.05) is 54.6 Å². The highest BCUT2D eigenvalue weighted by molar-refractivity contribution is 6.00. The number of benzene rings is 3. The number of hydrogen-bond acceptors (Lipinski definition) is 5. The van der Waals surface area contributed by atoms with E-state index in [1.54, 1.807) is 12.3 Å². The standard InChI is InChI=1S/C25H20N2O4/c28-24(26-14-18-16-29-21-12-6-7-13-22(21)30-18)19-10-4-5-11-20(19)25-27-15-23(31-25)17-8-2-1-3-9-17/h1-13,15,18H,14,16H2,(H,26,28)/t18-/m0/s1. The first-order valence-electron chi connectivity index (χ1n) is 10.1. The van der Waals surface area contributed by atoms with Crippen molar-refractivity contribution in [3.05, 3.63) is 90.6 Å². The minimum atomic E-state index is -0.266. The number of ether oxygens (including phenoxy) is 2. The number of para-hydroxylation sites is 2. The highest BCUT2D eigenvalue weighted by atomic mass is 16.6. The molecule has 0 radical (unpaired) electrons. The number of carbonyl (C=O) groups is 1. The van der Waals surface area contributed by atoms with Crippen molar-refractivity contribution in [2.45, 2.75) is 6.10 Å². The number of nitrogens with one attached hydrogen (secondary N) is 1. The third-order valence-corrected chi connectivity index (χ3v) is 5.02. The predicted octanol–water partition coefficient (Wildman–Crippen LogP) is 4.58. The van der Waals surface area contributed by atoms with Crippen molar-refractivity contribution in [3.8, 4) is 34.3 Å². The highest BCUT2D eigenvalue weighted by Gasteiger charge is 2.22. The molecule has 6 heteroatoms. The summed E-state index contributed by atoms with van der Waals surface area (Å²) in [6.45, 7) is 0.696. The molecule has 0 bridgehead atoms. The Morgan fingerprint density at radius 2 is 1.68 bits per heavy atom. The normalized spacial score (nSPS) is 14.8. The molecule has 5 rings (SSSR count). The van der Waals surface area contributed by atoms with Gasteiger partial charge in [-0.3, -0.25) is 4.79 Å². The summed E-state index contributed by atoms with van der Waals surface area (Å²) in [5.74, 6) is 2.22. The molecule has 1 aromatic heterocycles. The molecule has 2 heterocycles. The zero-order chi connectivity index (χ0) is 21.0. The van der Waals surface area contributed by atoms with Crippen LogP contribution in [0.1, 0.15) is 10.4 Å². The topological polar surface area (TPSA) is 73.6 Å². The van der Waals surface area contributed by atoms with Crippen LogP contribution in [0.2, 0.25) is 0 Å². The van der Waals surface area contributed by atoms with Crippen LogP contribution in [0.5, 0.6) is 11.5 Å². The largest absolute Gasteiger partial charge is 0.486 e. The maximum Gasteiger partial charge on any atom is 0.252 e. The molecule has 6 nitrogen and oxygen atoms in total. The van der Waals surface area contributed by atoms with E-state index in [4.69, 9.17) is 13.9 Å². The Bertz CT molecular complexity index is 1200. The van der Waals surface area contributed by atoms with Crippen molar-refractivity contribution < 1.29 is 18.7 Å². The Hall–Kier alpha value is -4.06. The molecule has 31 heavy (non-hydrogen) atoms. The fraction of sp³-hybridized carbons (Fsp3) is 0.120. The van der Waals surface area contributed by atoms with Crippen molar-refractivity contribution in [2.75, 3.05) is 13.2 Å². The summed E-state index contributed by atoms with van der Waals surface area (Å²) in [7, 11) is 0. The second-order valence-corrected chi connectivity index (χ2v) is 7.15. The second kappa shape index (κ2) is 8.36. The highest BCUT2D eigenvalue weighted by Crippen LogP contribution is 2.31. The predicted molar refractivity (Wildman–Crippen MR) is 116 cm³/mol. The summed E-state index contributed by atoms with van der Waals surface area (Å²) in [5, 5.41) is 2.93. The van der Waals surface area contributed by atoms with Crippen molar-refractivity contribution in [2.24, 2.45) is 0 Å². The van der Waals surface area contributed by atoms with Crippen LogP contribution >= 0.6 is 0 Å². The third kappa shape index (κ3) is 4.00. The molecule has 0 aliphatic carbocycles. The number of hydrogen-bond donors (Lipinski definition) is 1. The molecule has 1 aliphatic rings. The number of aromatic nitrogens is 1. The molecule has 0 saturated heterocycles. The van der Waals surface area contributed by atoms with Crippen LogP contribution < -0.4 is 14.8 Å². The lowest BCUT2D eigenvalue weighted by molar-refractivity contribution is 0.0789. The van der Waals surface area contributed by atoms with Crippen molar-refractivity contribution in [1.82, 2.24) is 10.3 Å². The first-order chi connectivity index (χ1) is 15.3. The van der Waals surface area contributed by atoms with E-state index in [-0.39, 0.29) is 12.0 Å². The summed E-state index contributed by atoms with van der Waals surface area (Å²) in [6, 6.07) is 24.5. The Kier molecular flexibility index (Phi) is 5.10. The molecule has 0 unspecified atom stereocenters. The van der Waals surface area contributed by atoms with Gasteiger partial charge in [0.15, 0.2) is 17.3 Å². The molecule has 0 spiro atoms. The lowest BCUT2D eigenvalue weighted by Gasteiger charge is -2.26. The first kappa shape index (κ1) is 18.9. The SMILES string of the molecule is O=C(NC[C@H]1COc2ccccc2O1)c1ccccc1-c1ncc(-c2ccccc2)o1. The van der Waals surface area contributed by atoms with Gasteiger partial charge in [0.2, 0.25) is 5.89 Å². The molecule has 0 saturated carbocycles. The van der Waals surface area contributed by atoms with Gasteiger partial charge >= 0.3 is 0 Å². The summed E-state index contributed by atoms with van der Waals surface area (Å²) in [6.07, 6.45) is 1.40. The van der Waals surface area contributed by atoms with Crippen molar-refractivity contribution in [1.29, 1.82) is 0 Å². The lowest BCUT2D eigenvalue weighted by Crippen LogP contribution is -2.40. The van der Waals surface area contributed by atoms with Gasteiger partial charge in [0.1, 0.15) is 12.7 Å². The Balaban J connectivity index is 1.31. The molecule has 1 amide bonds. The van der Waals surface area contributed by atoms with E-state index < -0.39 is 0 Å². The first-order valence-corrected chi connectivity index (χ1v) is 10.1. The summed E-state index contributed by atoms with van der Waals surface area (Å²) >= 11 is 0. The molecule has 4 aromatic rings. The summed E-state index contributed by atoms with van der Waals surface area (Å²) in [5.41, 5.74) is 2.05. The van der Waals surface area contributed by atoms with Crippen LogP contribution in [0.3, 0.4) is 0 Å². The minimum Gasteiger partial charge on any atom is -0.486 e. The Morgan fingerprint density at radius 1 is 0.935 bits per heavy atom. The number of oxazole rings is 1. The maximum atomic E-state index is 12.9. The number of rotatable bonds is 5. The van der Waals surface area contributed by atoms with Gasteiger partial charge in [0.05, 0.1) is 18.3 Å². The van der Waals surface area contributed by atoms with E-state index >= 15 is 0 Å². The number of nitrogens with zero attached hydrogens (tertiary/aromatic N) is 1. The van der Waals surface area contributed by atoms with E-state index in [0.29, 0.717) is 47.4 Å². The van der Waals surface area contributed by atoms with Crippen molar-refractivity contribution >= 4 is 5.91 Å². The fourth-order valence-electron chi connectivity index (χ4n) is 3.47. The van der Waals surface area contributed by atoms with E-state index in [9.17, 15) is 4.79 Å². The molecule has 1 N–H and O–H groups in total. The van der Waals surface area contributed by atoms with Gasteiger partial charge in [-0.25, -0.2) is 4.98 Å². The molecule has 154 valence electrons. The smallest absolute Gasteiger partial charge is 0.252 e. The van der Waals surface area contributed by atoms with Gasteiger partial charge in [0, 0.05) is 11.1 Å². The number of fused-ring (bicyclic) bond motifs is 1. The molecule has 1 atom stereocenters. The summed E-state index contributed by atoms with van der Waals surface area (Å²) in [4.78, 5) is 17.3. The fourth-order valence-corrected chi connectivity index (χ4v) is 3.47. The molecular formula is C25H20N2O4. The summed E-state index contributed by atoms with van der Waals surface area (Å²) < 4.78 is 17.6. The van der Waals surface area contributed by atoms with Crippen LogP contribution in [0.15, 0.2) is 89.5 Å². The lowest BCUT2D eigenvalue weighted by atomic mass is 10.1. The average Bonchev–Trinajstić information content (AvgIpc) is 3.33. The average molecular weight is 412 g/mol. The molecule has 0 fully saturated rings. The van der Waals surface area contributed by atoms with Gasteiger partial charge < -0.3 is 19.2 Å².